The molecule has 0 amide bonds. The molecule has 0 aromatic carbocycles. The van der Waals surface area contributed by atoms with E-state index in [1.165, 1.54) is 107 Å². The normalized spacial score (nSPS) is 99.2. The Morgan fingerprint density at radius 1 is 0.316 bits per heavy atom. The van der Waals surface area contributed by atoms with Crippen LogP contribution in [0, 0.1) is 150 Å². The van der Waals surface area contributed by atoms with Crippen LogP contribution in [0.1, 0.15) is 77.0 Å². The molecule has 0 N–H and O–H groups in total. The standard InChI is InChI=1S/C38H42/c1-13-4-31-10-33-6-14-2-17-21(33)25-19(31)16(1)20-26-22-18-3-15-7-34(22)11-32(20,5-13)28(31)38-29(33)35(8-14)12-36(9-15,30(34)38)24(18)27(23(17)35)37(25,26)38/h13-30H,1-12H2/t13?,14?,15?,16?,17?,18?,19-,20+,21+,22-,23-,24+,25?,26?,27?,28?,29?,30?,31-,32-,33-,34+,35+,36-,37?,38?/m0/s1. The summed E-state index contributed by atoms with van der Waals surface area (Å²) in [6.45, 7) is 0. The van der Waals surface area contributed by atoms with Gasteiger partial charge >= 0.3 is 0 Å². The maximum Gasteiger partial charge on any atom is -0.0115 e. The molecule has 26 atom stereocenters. The van der Waals surface area contributed by atoms with Gasteiger partial charge in [0.05, 0.1) is 0 Å². The quantitative estimate of drug-likeness (QED) is 0.341. The van der Waals surface area contributed by atoms with Gasteiger partial charge in [-0.1, -0.05) is 0 Å². The number of rotatable bonds is 0. The first-order valence-electron chi connectivity index (χ1n) is 18.6. The summed E-state index contributed by atoms with van der Waals surface area (Å²) in [4.78, 5) is 0. The molecule has 0 heteroatoms. The summed E-state index contributed by atoms with van der Waals surface area (Å²) in [7, 11) is 0. The fraction of sp³-hybridized carbons (Fsp3) is 1.00. The van der Waals surface area contributed by atoms with E-state index in [1.54, 1.807) is 57.8 Å². The predicted octanol–water partition coefficient (Wildman–Crippen LogP) is 6.90. The zero-order chi connectivity index (χ0) is 22.9. The molecule has 0 saturated heterocycles. The van der Waals surface area contributed by atoms with Gasteiger partial charge in [-0.25, -0.2) is 0 Å². The van der Waals surface area contributed by atoms with Crippen LogP contribution in [-0.4, -0.2) is 0 Å². The molecule has 27 fully saturated rings. The lowest BCUT2D eigenvalue weighted by Gasteiger charge is -3.14. The van der Waals surface area contributed by atoms with Crippen LogP contribution in [-0.2, 0) is 0 Å². The highest BCUT2D eigenvalue weighted by Crippen LogP contribution is 3.16. The van der Waals surface area contributed by atoms with Crippen molar-refractivity contribution in [3.8, 4) is 0 Å². The summed E-state index contributed by atoms with van der Waals surface area (Å²) in [5.41, 5.74) is 7.37. The lowest BCUT2D eigenvalue weighted by molar-refractivity contribution is -0.675. The van der Waals surface area contributed by atoms with Crippen LogP contribution in [0.15, 0.2) is 0 Å². The van der Waals surface area contributed by atoms with Crippen molar-refractivity contribution in [3.63, 3.8) is 0 Å². The minimum absolute atomic E-state index is 0.910. The van der Waals surface area contributed by atoms with Crippen molar-refractivity contribution >= 4 is 0 Å². The minimum Gasteiger partial charge on any atom is -0.0470 e. The highest BCUT2D eigenvalue weighted by atomic mass is 15.2. The smallest absolute Gasteiger partial charge is 0.0115 e. The summed E-state index contributed by atoms with van der Waals surface area (Å²) in [5.74, 6) is 22.9. The van der Waals surface area contributed by atoms with E-state index in [-0.39, 0.29) is 0 Å². The fourth-order valence-electron chi connectivity index (χ4n) is 29.0. The first-order valence-corrected chi connectivity index (χ1v) is 18.6. The Bertz CT molecular complexity index is 1290. The summed E-state index contributed by atoms with van der Waals surface area (Å²) >= 11 is 0. The molecule has 0 aromatic rings. The molecular formula is C38H42. The van der Waals surface area contributed by atoms with Crippen LogP contribution < -0.4 is 0 Å². The predicted molar refractivity (Wildman–Crippen MR) is 138 cm³/mol. The first-order chi connectivity index (χ1) is 18.6. The molecule has 27 aliphatic rings. The Morgan fingerprint density at radius 3 is 0.895 bits per heavy atom. The van der Waals surface area contributed by atoms with Crippen LogP contribution in [0.25, 0.3) is 0 Å². The van der Waals surface area contributed by atoms with Gasteiger partial charge in [-0.2, -0.15) is 0 Å². The molecule has 0 nitrogen and oxygen atoms in total. The number of hydrogen-bond donors (Lipinski definition) is 0. The average molecular weight is 499 g/mol. The molecule has 8 spiro atoms. The molecule has 194 valence electrons. The monoisotopic (exact) mass is 498 g/mol. The molecule has 27 rings (SSSR count). The van der Waals surface area contributed by atoms with Gasteiger partial charge in [-0.15, -0.1) is 0 Å². The molecule has 0 aliphatic heterocycles. The van der Waals surface area contributed by atoms with Crippen LogP contribution in [0.3, 0.4) is 0 Å². The van der Waals surface area contributed by atoms with E-state index in [0.717, 1.165) is 43.3 Å². The van der Waals surface area contributed by atoms with Crippen molar-refractivity contribution in [2.75, 3.05) is 0 Å². The molecule has 0 radical (unpaired) electrons. The molecule has 0 heterocycles. The largest absolute Gasteiger partial charge is 0.0470 e. The summed E-state index contributed by atoms with van der Waals surface area (Å²) in [5, 5.41) is 0. The number of hydrogen-bond acceptors (Lipinski definition) is 0. The maximum atomic E-state index is 1.86. The Labute approximate surface area is 226 Å². The topological polar surface area (TPSA) is 0 Å². The summed E-state index contributed by atoms with van der Waals surface area (Å²) in [6, 6.07) is 0. The molecule has 27 saturated carbocycles. The lowest BCUT2D eigenvalue weighted by Crippen LogP contribution is -3.10. The first kappa shape index (κ1) is 17.2. The van der Waals surface area contributed by atoms with Gasteiger partial charge in [0.25, 0.3) is 0 Å². The Morgan fingerprint density at radius 2 is 0.605 bits per heavy atom. The maximum absolute atomic E-state index is 1.86. The van der Waals surface area contributed by atoms with Gasteiger partial charge in [0, 0.05) is 0 Å². The lowest BCUT2D eigenvalue weighted by atomic mass is 8.90. The molecule has 27 aliphatic carbocycles. The van der Waals surface area contributed by atoms with Crippen molar-refractivity contribution in [1.29, 1.82) is 0 Å². The van der Waals surface area contributed by atoms with E-state index in [9.17, 15) is 0 Å². The van der Waals surface area contributed by atoms with Gasteiger partial charge in [0.15, 0.2) is 0 Å². The van der Waals surface area contributed by atoms with E-state index in [1.807, 2.05) is 19.3 Å². The van der Waals surface area contributed by atoms with E-state index in [0.29, 0.717) is 0 Å². The van der Waals surface area contributed by atoms with Gasteiger partial charge in [-0.05, 0) is 227 Å². The van der Waals surface area contributed by atoms with Crippen molar-refractivity contribution in [3.05, 3.63) is 0 Å². The van der Waals surface area contributed by atoms with Gasteiger partial charge in [-0.3, -0.25) is 0 Å². The Balaban J connectivity index is 1.16. The molecular weight excluding hydrogens is 456 g/mol. The second kappa shape index (κ2) is 3.69. The van der Waals surface area contributed by atoms with Gasteiger partial charge < -0.3 is 0 Å². The van der Waals surface area contributed by atoms with Crippen LogP contribution in [0.4, 0.5) is 0 Å². The third-order valence-corrected chi connectivity index (χ3v) is 24.2. The molecule has 0 aromatic heterocycles. The third kappa shape index (κ3) is 0.871. The molecule has 14 unspecified atom stereocenters. The van der Waals surface area contributed by atoms with E-state index in [4.69, 9.17) is 0 Å². The SMILES string of the molecule is C1C2C[C@@]34C[C@@]56CC7CC8[C@@H]9C%10[C@@H]%11C%12CC%13C[C@@]%14%15C[C@@]%16(C2)C3C2(C5[C@@]9(C7)C[C@]%11(C%13)C2%14)C%102C([C@@H]%12%15)[C@@H]%16C1[C@@H]4C2[C@H]86. The minimum atomic E-state index is 0.910. The molecule has 26 bridgehead atoms. The summed E-state index contributed by atoms with van der Waals surface area (Å²) < 4.78 is 0. The highest BCUT2D eigenvalue weighted by molar-refractivity contribution is 5.59. The van der Waals surface area contributed by atoms with E-state index in [2.05, 4.69) is 0 Å². The second-order valence-corrected chi connectivity index (χ2v) is 22.3. The van der Waals surface area contributed by atoms with E-state index < -0.39 is 0 Å². The van der Waals surface area contributed by atoms with Crippen LogP contribution in [0.5, 0.6) is 0 Å². The van der Waals surface area contributed by atoms with Crippen molar-refractivity contribution in [2.24, 2.45) is 150 Å². The zero-order valence-corrected chi connectivity index (χ0v) is 22.9. The van der Waals surface area contributed by atoms with Crippen molar-refractivity contribution in [2.45, 2.75) is 77.0 Å². The molecule has 38 heavy (non-hydrogen) atoms. The average Bonchev–Trinajstić information content (AvgIpc) is 2.83. The highest BCUT2D eigenvalue weighted by Gasteiger charge is 3.12. The van der Waals surface area contributed by atoms with Crippen LogP contribution >= 0.6 is 0 Å². The Hall–Kier alpha value is 0. The van der Waals surface area contributed by atoms with Crippen molar-refractivity contribution < 1.29 is 0 Å². The Kier molecular flexibility index (Phi) is 1.67. The van der Waals surface area contributed by atoms with Crippen LogP contribution in [0.2, 0.25) is 0 Å². The summed E-state index contributed by atoms with van der Waals surface area (Å²) in [6.07, 6.45) is 21.7. The van der Waals surface area contributed by atoms with Crippen molar-refractivity contribution in [1.82, 2.24) is 0 Å². The van der Waals surface area contributed by atoms with E-state index >= 15 is 0 Å². The zero-order valence-electron chi connectivity index (χ0n) is 22.9. The third-order valence-electron chi connectivity index (χ3n) is 24.2. The van der Waals surface area contributed by atoms with Gasteiger partial charge in [0.2, 0.25) is 0 Å². The van der Waals surface area contributed by atoms with Gasteiger partial charge in [0.1, 0.15) is 0 Å². The fourth-order valence-corrected chi connectivity index (χ4v) is 29.0. The second-order valence-electron chi connectivity index (χ2n) is 22.3.